The van der Waals surface area contributed by atoms with Gasteiger partial charge in [-0.25, -0.2) is 0 Å². The Morgan fingerprint density at radius 2 is 1.13 bits per heavy atom. The number of nitrogens with one attached hydrogen (secondary N) is 1. The van der Waals surface area contributed by atoms with Crippen LogP contribution in [0.1, 0.15) is 103 Å². The van der Waals surface area contributed by atoms with Gasteiger partial charge in [0.2, 0.25) is 0 Å². The van der Waals surface area contributed by atoms with Crippen molar-refractivity contribution in [2.45, 2.75) is 109 Å². The lowest BCUT2D eigenvalue weighted by Gasteiger charge is -2.17. The molecule has 0 fully saturated rings. The average molecular weight is 328 g/mol. The van der Waals surface area contributed by atoms with Crippen LogP contribution in [-0.2, 0) is 0 Å². The predicted molar refractivity (Wildman–Crippen MR) is 105 cm³/mol. The lowest BCUT2D eigenvalue weighted by atomic mass is 10.0. The standard InChI is InChI=1S/C20H45N3/c1-2-3-4-5-6-7-8-9-10-11-12-13-15-20(16-18-22)23-19-14-17-21/h20,23H,2-19,21-22H2,1H3. The molecule has 0 aromatic rings. The first kappa shape index (κ1) is 22.9. The van der Waals surface area contributed by atoms with E-state index in [1.807, 2.05) is 0 Å². The van der Waals surface area contributed by atoms with E-state index < -0.39 is 0 Å². The molecule has 1 atom stereocenters. The topological polar surface area (TPSA) is 64.1 Å². The smallest absolute Gasteiger partial charge is 0.00790 e. The molecule has 0 aromatic carbocycles. The Balaban J connectivity index is 3.28. The van der Waals surface area contributed by atoms with E-state index in [-0.39, 0.29) is 0 Å². The summed E-state index contributed by atoms with van der Waals surface area (Å²) >= 11 is 0. The molecule has 0 bridgehead atoms. The Hall–Kier alpha value is -0.120. The van der Waals surface area contributed by atoms with Gasteiger partial charge in [-0.15, -0.1) is 0 Å². The summed E-state index contributed by atoms with van der Waals surface area (Å²) in [5.41, 5.74) is 11.2. The van der Waals surface area contributed by atoms with Crippen molar-refractivity contribution < 1.29 is 0 Å². The third kappa shape index (κ3) is 18.1. The fourth-order valence-corrected chi connectivity index (χ4v) is 3.19. The zero-order chi connectivity index (χ0) is 17.0. The molecule has 5 N–H and O–H groups in total. The van der Waals surface area contributed by atoms with Crippen LogP contribution in [0.15, 0.2) is 0 Å². The first-order valence-corrected chi connectivity index (χ1v) is 10.5. The van der Waals surface area contributed by atoms with E-state index in [1.54, 1.807) is 0 Å². The monoisotopic (exact) mass is 327 g/mol. The third-order valence-electron chi connectivity index (χ3n) is 4.74. The quantitative estimate of drug-likeness (QED) is 0.300. The molecular formula is C20H45N3. The van der Waals surface area contributed by atoms with E-state index in [9.17, 15) is 0 Å². The lowest BCUT2D eigenvalue weighted by Crippen LogP contribution is -2.32. The van der Waals surface area contributed by atoms with Crippen LogP contribution in [0, 0.1) is 0 Å². The zero-order valence-electron chi connectivity index (χ0n) is 16.0. The number of nitrogens with two attached hydrogens (primary N) is 2. The zero-order valence-corrected chi connectivity index (χ0v) is 16.0. The minimum Gasteiger partial charge on any atom is -0.330 e. The second-order valence-electron chi connectivity index (χ2n) is 7.05. The number of hydrogen-bond acceptors (Lipinski definition) is 3. The summed E-state index contributed by atoms with van der Waals surface area (Å²) in [5.74, 6) is 0. The number of hydrogen-bond donors (Lipinski definition) is 3. The van der Waals surface area contributed by atoms with Crippen LogP contribution in [-0.4, -0.2) is 25.7 Å². The van der Waals surface area contributed by atoms with E-state index >= 15 is 0 Å². The van der Waals surface area contributed by atoms with E-state index in [0.717, 1.165) is 32.5 Å². The summed E-state index contributed by atoms with van der Waals surface area (Å²) in [6, 6.07) is 0.606. The minimum absolute atomic E-state index is 0.606. The third-order valence-corrected chi connectivity index (χ3v) is 4.74. The summed E-state index contributed by atoms with van der Waals surface area (Å²) in [4.78, 5) is 0. The SMILES string of the molecule is CCCCCCCCCCCCCCC(CCN)NCCCN. The molecule has 23 heavy (non-hydrogen) atoms. The van der Waals surface area contributed by atoms with Gasteiger partial charge in [0.05, 0.1) is 0 Å². The van der Waals surface area contributed by atoms with Crippen molar-refractivity contribution in [3.63, 3.8) is 0 Å². The van der Waals surface area contributed by atoms with Gasteiger partial charge in [0.1, 0.15) is 0 Å². The molecule has 0 aliphatic heterocycles. The highest BCUT2D eigenvalue weighted by molar-refractivity contribution is 4.67. The summed E-state index contributed by atoms with van der Waals surface area (Å²) < 4.78 is 0. The van der Waals surface area contributed by atoms with Gasteiger partial charge in [0.25, 0.3) is 0 Å². The first-order valence-electron chi connectivity index (χ1n) is 10.5. The molecule has 0 radical (unpaired) electrons. The predicted octanol–water partition coefficient (Wildman–Crippen LogP) is 4.73. The van der Waals surface area contributed by atoms with Gasteiger partial charge >= 0.3 is 0 Å². The van der Waals surface area contributed by atoms with Crippen molar-refractivity contribution in [3.05, 3.63) is 0 Å². The van der Waals surface area contributed by atoms with Crippen LogP contribution in [0.5, 0.6) is 0 Å². The molecule has 0 heterocycles. The van der Waals surface area contributed by atoms with Gasteiger partial charge in [-0.1, -0.05) is 84.0 Å². The number of rotatable bonds is 19. The molecule has 140 valence electrons. The Labute approximate surface area is 146 Å². The van der Waals surface area contributed by atoms with Crippen molar-refractivity contribution >= 4 is 0 Å². The van der Waals surface area contributed by atoms with Gasteiger partial charge in [-0.05, 0) is 38.9 Å². The molecule has 0 amide bonds. The van der Waals surface area contributed by atoms with E-state index in [4.69, 9.17) is 11.5 Å². The normalized spacial score (nSPS) is 12.7. The van der Waals surface area contributed by atoms with Crippen LogP contribution in [0.3, 0.4) is 0 Å². The van der Waals surface area contributed by atoms with Crippen LogP contribution in [0.2, 0.25) is 0 Å². The Morgan fingerprint density at radius 3 is 1.61 bits per heavy atom. The molecule has 0 aromatic heterocycles. The molecule has 3 nitrogen and oxygen atoms in total. The second-order valence-corrected chi connectivity index (χ2v) is 7.05. The fourth-order valence-electron chi connectivity index (χ4n) is 3.19. The van der Waals surface area contributed by atoms with Crippen molar-refractivity contribution in [3.8, 4) is 0 Å². The molecule has 0 saturated heterocycles. The molecule has 0 aliphatic rings. The molecule has 0 spiro atoms. The fraction of sp³-hybridized carbons (Fsp3) is 1.00. The lowest BCUT2D eigenvalue weighted by molar-refractivity contribution is 0.431. The van der Waals surface area contributed by atoms with Crippen LogP contribution in [0.4, 0.5) is 0 Å². The van der Waals surface area contributed by atoms with E-state index in [1.165, 1.54) is 83.5 Å². The van der Waals surface area contributed by atoms with Gasteiger partial charge < -0.3 is 16.8 Å². The van der Waals surface area contributed by atoms with Gasteiger partial charge in [-0.2, -0.15) is 0 Å². The average Bonchev–Trinajstić information content (AvgIpc) is 2.56. The summed E-state index contributed by atoms with van der Waals surface area (Å²) in [6.45, 7) is 4.90. The van der Waals surface area contributed by atoms with Gasteiger partial charge in [-0.3, -0.25) is 0 Å². The van der Waals surface area contributed by atoms with Crippen molar-refractivity contribution in [1.82, 2.24) is 5.32 Å². The molecule has 3 heteroatoms. The molecular weight excluding hydrogens is 282 g/mol. The highest BCUT2D eigenvalue weighted by atomic mass is 14.9. The summed E-state index contributed by atoms with van der Waals surface area (Å²) in [6.07, 6.45) is 20.5. The second kappa shape index (κ2) is 19.9. The maximum absolute atomic E-state index is 5.71. The molecule has 0 rings (SSSR count). The maximum atomic E-state index is 5.71. The van der Waals surface area contributed by atoms with E-state index in [0.29, 0.717) is 6.04 Å². The summed E-state index contributed by atoms with van der Waals surface area (Å²) in [7, 11) is 0. The van der Waals surface area contributed by atoms with Crippen molar-refractivity contribution in [2.75, 3.05) is 19.6 Å². The largest absolute Gasteiger partial charge is 0.330 e. The van der Waals surface area contributed by atoms with E-state index in [2.05, 4.69) is 12.2 Å². The van der Waals surface area contributed by atoms with Crippen molar-refractivity contribution in [1.29, 1.82) is 0 Å². The van der Waals surface area contributed by atoms with Crippen LogP contribution >= 0.6 is 0 Å². The highest BCUT2D eigenvalue weighted by Gasteiger charge is 2.06. The molecule has 0 aliphatic carbocycles. The first-order chi connectivity index (χ1) is 11.3. The number of unbranched alkanes of at least 4 members (excludes halogenated alkanes) is 11. The minimum atomic E-state index is 0.606. The highest BCUT2D eigenvalue weighted by Crippen LogP contribution is 2.13. The molecule has 1 unspecified atom stereocenters. The van der Waals surface area contributed by atoms with Gasteiger partial charge in [0, 0.05) is 6.04 Å². The maximum Gasteiger partial charge on any atom is 0.00790 e. The van der Waals surface area contributed by atoms with Crippen LogP contribution in [0.25, 0.3) is 0 Å². The van der Waals surface area contributed by atoms with Crippen LogP contribution < -0.4 is 16.8 Å². The van der Waals surface area contributed by atoms with Gasteiger partial charge in [0.15, 0.2) is 0 Å². The summed E-state index contributed by atoms with van der Waals surface area (Å²) in [5, 5.41) is 3.60. The molecule has 0 saturated carbocycles. The Morgan fingerprint density at radius 1 is 0.609 bits per heavy atom. The Kier molecular flexibility index (Phi) is 19.8. The Bertz CT molecular complexity index is 209. The van der Waals surface area contributed by atoms with Crippen molar-refractivity contribution in [2.24, 2.45) is 11.5 Å².